The van der Waals surface area contributed by atoms with Gasteiger partial charge in [0, 0.05) is 18.2 Å². The van der Waals surface area contributed by atoms with E-state index in [-0.39, 0.29) is 58.6 Å². The second-order valence-electron chi connectivity index (χ2n) is 14.0. The van der Waals surface area contributed by atoms with Gasteiger partial charge in [-0.15, -0.1) is 12.4 Å². The molecule has 3 aromatic carbocycles. The van der Waals surface area contributed by atoms with E-state index < -0.39 is 40.8 Å². The fraction of sp³-hybridized carbons (Fsp3) is 0.389. The highest BCUT2D eigenvalue weighted by Crippen LogP contribution is 2.29. The van der Waals surface area contributed by atoms with Gasteiger partial charge in [-0.2, -0.15) is 0 Å². The molecule has 0 spiro atoms. The second kappa shape index (κ2) is 15.6. The van der Waals surface area contributed by atoms with Crippen molar-refractivity contribution in [3.8, 4) is 23.0 Å². The number of carbonyl (C=O) groups is 4. The molecule has 0 heterocycles. The minimum absolute atomic E-state index is 0. The van der Waals surface area contributed by atoms with E-state index in [4.69, 9.17) is 18.9 Å². The van der Waals surface area contributed by atoms with Crippen molar-refractivity contribution in [2.75, 3.05) is 6.54 Å². The molecule has 47 heavy (non-hydrogen) atoms. The molecule has 2 N–H and O–H groups in total. The van der Waals surface area contributed by atoms with Crippen LogP contribution in [-0.4, -0.2) is 41.1 Å². The average Bonchev–Trinajstić information content (AvgIpc) is 2.95. The van der Waals surface area contributed by atoms with Gasteiger partial charge in [0.1, 0.15) is 23.0 Å². The molecule has 0 aliphatic heterocycles. The summed E-state index contributed by atoms with van der Waals surface area (Å²) in [4.78, 5) is 50.4. The normalized spacial score (nSPS) is 12.3. The SMILES string of the molecule is CC(C)(C)NCC(O)c1cc(OC(=O)c2ccc(OC(=O)C(C)(C)C)cc2)cc(OC(=O)c2ccc(OC(=O)C(C)(C)C)cc2)c1.Cl. The van der Waals surface area contributed by atoms with Crippen LogP contribution < -0.4 is 24.3 Å². The zero-order valence-electron chi connectivity index (χ0n) is 28.3. The fourth-order valence-electron chi connectivity index (χ4n) is 3.60. The lowest BCUT2D eigenvalue weighted by Gasteiger charge is -2.23. The van der Waals surface area contributed by atoms with E-state index in [1.54, 1.807) is 41.5 Å². The predicted octanol–water partition coefficient (Wildman–Crippen LogP) is 6.87. The minimum Gasteiger partial charge on any atom is -0.426 e. The van der Waals surface area contributed by atoms with Gasteiger partial charge in [0.05, 0.1) is 28.1 Å². The lowest BCUT2D eigenvalue weighted by Crippen LogP contribution is -2.38. The van der Waals surface area contributed by atoms with Gasteiger partial charge in [0.2, 0.25) is 0 Å². The smallest absolute Gasteiger partial charge is 0.343 e. The van der Waals surface area contributed by atoms with Crippen LogP contribution in [-0.2, 0) is 9.59 Å². The van der Waals surface area contributed by atoms with E-state index in [2.05, 4.69) is 5.32 Å². The van der Waals surface area contributed by atoms with Crippen molar-refractivity contribution >= 4 is 36.3 Å². The molecule has 0 saturated heterocycles. The Morgan fingerprint density at radius 1 is 0.596 bits per heavy atom. The minimum atomic E-state index is -1.02. The van der Waals surface area contributed by atoms with Crippen LogP contribution in [0.5, 0.6) is 23.0 Å². The Hall–Kier alpha value is -4.25. The molecule has 0 fully saturated rings. The average molecular weight is 670 g/mol. The van der Waals surface area contributed by atoms with Crippen molar-refractivity contribution in [1.82, 2.24) is 5.32 Å². The Balaban J connectivity index is 0.00000768. The van der Waals surface area contributed by atoms with Crippen LogP contribution in [0, 0.1) is 10.8 Å². The van der Waals surface area contributed by atoms with E-state index in [0.717, 1.165) is 0 Å². The van der Waals surface area contributed by atoms with Crippen molar-refractivity contribution in [3.63, 3.8) is 0 Å². The first-order valence-corrected chi connectivity index (χ1v) is 14.9. The Morgan fingerprint density at radius 2 is 0.957 bits per heavy atom. The van der Waals surface area contributed by atoms with Crippen molar-refractivity contribution in [3.05, 3.63) is 83.4 Å². The van der Waals surface area contributed by atoms with Gasteiger partial charge in [-0.3, -0.25) is 9.59 Å². The molecule has 0 saturated carbocycles. The van der Waals surface area contributed by atoms with Crippen molar-refractivity contribution < 1.29 is 43.2 Å². The number of rotatable bonds is 9. The molecule has 0 bridgehead atoms. The number of halogens is 1. The summed E-state index contributed by atoms with van der Waals surface area (Å²) in [6, 6.07) is 16.1. The molecule has 11 heteroatoms. The first kappa shape index (κ1) is 38.9. The molecule has 0 radical (unpaired) electrons. The molecular weight excluding hydrogens is 626 g/mol. The van der Waals surface area contributed by atoms with Gasteiger partial charge < -0.3 is 29.4 Å². The quantitative estimate of drug-likeness (QED) is 0.183. The molecule has 1 atom stereocenters. The molecule has 0 aromatic heterocycles. The molecule has 254 valence electrons. The lowest BCUT2D eigenvalue weighted by molar-refractivity contribution is -0.143. The van der Waals surface area contributed by atoms with Crippen LogP contribution in [0.2, 0.25) is 0 Å². The number of hydrogen-bond donors (Lipinski definition) is 2. The summed E-state index contributed by atoms with van der Waals surface area (Å²) in [6.07, 6.45) is -1.02. The van der Waals surface area contributed by atoms with Crippen molar-refractivity contribution in [2.45, 2.75) is 74.0 Å². The van der Waals surface area contributed by atoms with Gasteiger partial charge in [0.25, 0.3) is 0 Å². The van der Waals surface area contributed by atoms with Crippen LogP contribution in [0.25, 0.3) is 0 Å². The molecule has 0 aliphatic rings. The summed E-state index contributed by atoms with van der Waals surface area (Å²) in [7, 11) is 0. The summed E-state index contributed by atoms with van der Waals surface area (Å²) < 4.78 is 21.9. The monoisotopic (exact) mass is 669 g/mol. The maximum absolute atomic E-state index is 13.0. The summed E-state index contributed by atoms with van der Waals surface area (Å²) in [5.74, 6) is -1.63. The molecule has 3 aromatic rings. The third-order valence-electron chi connectivity index (χ3n) is 6.36. The van der Waals surface area contributed by atoms with Gasteiger partial charge in [-0.25, -0.2) is 9.59 Å². The first-order chi connectivity index (χ1) is 21.2. The topological polar surface area (TPSA) is 137 Å². The summed E-state index contributed by atoms with van der Waals surface area (Å²) in [6.45, 7) is 16.5. The van der Waals surface area contributed by atoms with E-state index in [9.17, 15) is 24.3 Å². The third-order valence-corrected chi connectivity index (χ3v) is 6.36. The van der Waals surface area contributed by atoms with E-state index in [1.165, 1.54) is 66.7 Å². The maximum Gasteiger partial charge on any atom is 0.343 e. The Bertz CT molecular complexity index is 1460. The molecule has 0 aliphatic carbocycles. The number of aliphatic hydroxyl groups is 1. The number of carbonyl (C=O) groups excluding carboxylic acids is 4. The summed E-state index contributed by atoms with van der Waals surface area (Å²) in [5, 5.41) is 14.1. The zero-order valence-corrected chi connectivity index (χ0v) is 29.1. The van der Waals surface area contributed by atoms with Crippen LogP contribution in [0.4, 0.5) is 0 Å². The van der Waals surface area contributed by atoms with Gasteiger partial charge in [-0.1, -0.05) is 0 Å². The zero-order chi connectivity index (χ0) is 34.4. The van der Waals surface area contributed by atoms with E-state index >= 15 is 0 Å². The fourth-order valence-corrected chi connectivity index (χ4v) is 3.60. The molecule has 10 nitrogen and oxygen atoms in total. The maximum atomic E-state index is 13.0. The van der Waals surface area contributed by atoms with Gasteiger partial charge in [0.15, 0.2) is 0 Å². The molecule has 3 rings (SSSR count). The Morgan fingerprint density at radius 3 is 1.28 bits per heavy atom. The number of ether oxygens (including phenoxy) is 4. The molecule has 1 unspecified atom stereocenters. The number of hydrogen-bond acceptors (Lipinski definition) is 10. The lowest BCUT2D eigenvalue weighted by atomic mass is 9.97. The highest BCUT2D eigenvalue weighted by molar-refractivity contribution is 5.92. The number of aliphatic hydroxyl groups excluding tert-OH is 1. The molecule has 0 amide bonds. The summed E-state index contributed by atoms with van der Waals surface area (Å²) >= 11 is 0. The van der Waals surface area contributed by atoms with E-state index in [0.29, 0.717) is 5.56 Å². The standard InChI is InChI=1S/C36H43NO9.ClH/c1-34(2,3)32(41)45-25-14-10-22(11-15-25)30(39)43-27-18-24(29(38)21-37-36(7,8)9)19-28(20-27)44-31(40)23-12-16-26(17-13-23)46-33(42)35(4,5)6;/h10-20,29,37-38H,21H2,1-9H3;1H. The van der Waals surface area contributed by atoms with Crippen LogP contribution in [0.1, 0.15) is 94.7 Å². The summed E-state index contributed by atoms with van der Waals surface area (Å²) in [5.41, 5.74) is -0.953. The number of benzene rings is 3. The second-order valence-corrected chi connectivity index (χ2v) is 14.0. The predicted molar refractivity (Wildman–Crippen MR) is 179 cm³/mol. The van der Waals surface area contributed by atoms with Gasteiger partial charge in [-0.05, 0) is 129 Å². The Kier molecular flexibility index (Phi) is 12.9. The number of nitrogens with one attached hydrogen (secondary N) is 1. The number of esters is 4. The molecular formula is C36H44ClNO9. The first-order valence-electron chi connectivity index (χ1n) is 14.9. The highest BCUT2D eigenvalue weighted by Gasteiger charge is 2.25. The highest BCUT2D eigenvalue weighted by atomic mass is 35.5. The van der Waals surface area contributed by atoms with Crippen LogP contribution in [0.15, 0.2) is 66.7 Å². The van der Waals surface area contributed by atoms with E-state index in [1.807, 2.05) is 20.8 Å². The van der Waals surface area contributed by atoms with Crippen molar-refractivity contribution in [2.24, 2.45) is 10.8 Å². The van der Waals surface area contributed by atoms with Crippen LogP contribution >= 0.6 is 12.4 Å². The van der Waals surface area contributed by atoms with Crippen LogP contribution in [0.3, 0.4) is 0 Å². The largest absolute Gasteiger partial charge is 0.426 e. The van der Waals surface area contributed by atoms with Crippen molar-refractivity contribution in [1.29, 1.82) is 0 Å². The number of β-amino-alcohol motifs (C(OH)–C–C–N with tert-alkyl or cyclic N) is 1. The third kappa shape index (κ3) is 12.1. The van der Waals surface area contributed by atoms with Gasteiger partial charge >= 0.3 is 23.9 Å². The Labute approximate surface area is 282 Å².